The number of carbonyl (C=O) groups is 1. The van der Waals surface area contributed by atoms with E-state index in [0.29, 0.717) is 64.2 Å². The standard InChI is InChI=1S/C41H48N2O9/c1-48-36-20-27(19-30(24-44)33(36)26-46)13-14-28-21-37(49-2)39(38(22-28)50-3)52-18-10-6-4-5-9-17-51-35-16-15-29(23-31(35)25-45)40-42-34-12-8-7-11-32(34)41(47)43-40/h7-8,11-16,19-23,40,42,44-46H,4-6,9-10,17-18,24-26H2,1-3H3,(H,43,47). The quantitative estimate of drug-likeness (QED) is 0.0531. The Bertz CT molecular complexity index is 1790. The van der Waals surface area contributed by atoms with Gasteiger partial charge in [0.15, 0.2) is 11.5 Å². The minimum atomic E-state index is -0.398. The Morgan fingerprint density at radius 1 is 0.635 bits per heavy atom. The molecule has 0 spiro atoms. The van der Waals surface area contributed by atoms with Gasteiger partial charge in [0.1, 0.15) is 17.7 Å². The minimum absolute atomic E-state index is 0.140. The number of carbonyl (C=O) groups excluding carboxylic acids is 1. The number of rotatable bonds is 19. The molecule has 5 rings (SSSR count). The molecule has 0 aromatic heterocycles. The number of ether oxygens (including phenoxy) is 5. The lowest BCUT2D eigenvalue weighted by atomic mass is 10.0. The number of para-hydroxylation sites is 1. The molecule has 4 aromatic rings. The smallest absolute Gasteiger partial charge is 0.255 e. The SMILES string of the molecule is COc1cc(C=Cc2cc(OC)c(OCCCCCCCOc3ccc(C4NC(=O)c5ccccc5N4)cc3CO)c(OC)c2)cc(CO)c1CO. The lowest BCUT2D eigenvalue weighted by Gasteiger charge is -2.28. The van der Waals surface area contributed by atoms with Crippen LogP contribution in [0.25, 0.3) is 12.2 Å². The fourth-order valence-electron chi connectivity index (χ4n) is 6.16. The molecule has 0 saturated carbocycles. The summed E-state index contributed by atoms with van der Waals surface area (Å²) in [6.45, 7) is 0.438. The first-order chi connectivity index (χ1) is 25.4. The van der Waals surface area contributed by atoms with E-state index < -0.39 is 6.17 Å². The fraction of sp³-hybridized carbons (Fsp3) is 0.341. The van der Waals surface area contributed by atoms with Crippen LogP contribution in [0.3, 0.4) is 0 Å². The molecule has 0 fully saturated rings. The first kappa shape index (κ1) is 38.0. The van der Waals surface area contributed by atoms with Gasteiger partial charge in [-0.1, -0.05) is 49.6 Å². The van der Waals surface area contributed by atoms with Gasteiger partial charge in [-0.05, 0) is 83.6 Å². The van der Waals surface area contributed by atoms with Crippen LogP contribution >= 0.6 is 0 Å². The maximum Gasteiger partial charge on any atom is 0.255 e. The monoisotopic (exact) mass is 712 g/mol. The van der Waals surface area contributed by atoms with E-state index in [1.54, 1.807) is 20.3 Å². The predicted molar refractivity (Wildman–Crippen MR) is 200 cm³/mol. The van der Waals surface area contributed by atoms with Crippen LogP contribution in [-0.2, 0) is 19.8 Å². The Morgan fingerprint density at radius 3 is 1.90 bits per heavy atom. The summed E-state index contributed by atoms with van der Waals surface area (Å²) < 4.78 is 28.8. The molecule has 0 aliphatic carbocycles. The van der Waals surface area contributed by atoms with Gasteiger partial charge >= 0.3 is 0 Å². The largest absolute Gasteiger partial charge is 0.496 e. The van der Waals surface area contributed by atoms with Gasteiger partial charge in [0.25, 0.3) is 5.91 Å². The number of fused-ring (bicyclic) bond motifs is 1. The summed E-state index contributed by atoms with van der Waals surface area (Å²) in [6.07, 6.45) is 8.13. The number of unbranched alkanes of at least 4 members (excludes halogenated alkanes) is 4. The second-order valence-corrected chi connectivity index (χ2v) is 12.4. The summed E-state index contributed by atoms with van der Waals surface area (Å²) in [7, 11) is 4.71. The Labute approximate surface area is 304 Å². The van der Waals surface area contributed by atoms with Crippen molar-refractivity contribution in [3.63, 3.8) is 0 Å². The minimum Gasteiger partial charge on any atom is -0.496 e. The molecular weight excluding hydrogens is 664 g/mol. The van der Waals surface area contributed by atoms with Gasteiger partial charge in [-0.2, -0.15) is 0 Å². The van der Waals surface area contributed by atoms with Crippen molar-refractivity contribution >= 4 is 23.7 Å². The lowest BCUT2D eigenvalue weighted by Crippen LogP contribution is -2.38. The summed E-state index contributed by atoms with van der Waals surface area (Å²) in [5.41, 5.74) is 5.70. The highest BCUT2D eigenvalue weighted by atomic mass is 16.5. The first-order valence-electron chi connectivity index (χ1n) is 17.4. The number of amides is 1. The van der Waals surface area contributed by atoms with Gasteiger partial charge in [0.2, 0.25) is 5.75 Å². The van der Waals surface area contributed by atoms with Crippen molar-refractivity contribution in [3.8, 4) is 28.7 Å². The normalized spacial score (nSPS) is 13.7. The van der Waals surface area contributed by atoms with Crippen LogP contribution < -0.4 is 34.3 Å². The van der Waals surface area contributed by atoms with Crippen LogP contribution in [0.1, 0.15) is 82.0 Å². The third-order valence-corrected chi connectivity index (χ3v) is 8.95. The topological polar surface area (TPSA) is 148 Å². The van der Waals surface area contributed by atoms with Crippen molar-refractivity contribution in [1.29, 1.82) is 0 Å². The van der Waals surface area contributed by atoms with E-state index in [4.69, 9.17) is 23.7 Å². The fourth-order valence-corrected chi connectivity index (χ4v) is 6.16. The van der Waals surface area contributed by atoms with Gasteiger partial charge in [-0.3, -0.25) is 4.79 Å². The van der Waals surface area contributed by atoms with Crippen molar-refractivity contribution in [2.24, 2.45) is 0 Å². The van der Waals surface area contributed by atoms with Crippen LogP contribution in [0.4, 0.5) is 5.69 Å². The molecule has 1 heterocycles. The Hall–Kier alpha value is -5.23. The van der Waals surface area contributed by atoms with Crippen LogP contribution in [0, 0.1) is 0 Å². The molecule has 0 saturated heterocycles. The molecule has 1 atom stereocenters. The number of nitrogens with one attached hydrogen (secondary N) is 2. The molecule has 5 N–H and O–H groups in total. The third kappa shape index (κ3) is 9.35. The van der Waals surface area contributed by atoms with E-state index in [-0.39, 0.29) is 25.7 Å². The van der Waals surface area contributed by atoms with Crippen LogP contribution in [0.5, 0.6) is 28.7 Å². The van der Waals surface area contributed by atoms with Crippen molar-refractivity contribution < 1.29 is 43.8 Å². The summed E-state index contributed by atoms with van der Waals surface area (Å²) in [5.74, 6) is 2.67. The van der Waals surface area contributed by atoms with E-state index in [9.17, 15) is 20.1 Å². The van der Waals surface area contributed by atoms with Crippen molar-refractivity contribution in [3.05, 3.63) is 106 Å². The van der Waals surface area contributed by atoms with Crippen LogP contribution in [-0.4, -0.2) is 55.8 Å². The molecule has 1 aliphatic rings. The lowest BCUT2D eigenvalue weighted by molar-refractivity contribution is 0.0935. The number of anilines is 1. The zero-order valence-corrected chi connectivity index (χ0v) is 29.9. The number of methoxy groups -OCH3 is 3. The predicted octanol–water partition coefficient (Wildman–Crippen LogP) is 6.62. The Balaban J connectivity index is 1.06. The number of benzene rings is 4. The van der Waals surface area contributed by atoms with E-state index >= 15 is 0 Å². The van der Waals surface area contributed by atoms with Gasteiger partial charge in [0, 0.05) is 16.8 Å². The zero-order valence-electron chi connectivity index (χ0n) is 29.9. The van der Waals surface area contributed by atoms with Crippen molar-refractivity contribution in [2.75, 3.05) is 39.9 Å². The molecule has 11 nitrogen and oxygen atoms in total. The van der Waals surface area contributed by atoms with Crippen LogP contribution in [0.15, 0.2) is 66.7 Å². The van der Waals surface area contributed by atoms with Gasteiger partial charge < -0.3 is 49.6 Å². The van der Waals surface area contributed by atoms with Gasteiger partial charge in [-0.25, -0.2) is 0 Å². The van der Waals surface area contributed by atoms with Gasteiger partial charge in [-0.15, -0.1) is 0 Å². The molecule has 1 unspecified atom stereocenters. The summed E-state index contributed by atoms with van der Waals surface area (Å²) >= 11 is 0. The molecule has 0 radical (unpaired) electrons. The van der Waals surface area contributed by atoms with E-state index in [2.05, 4.69) is 10.6 Å². The third-order valence-electron chi connectivity index (χ3n) is 8.95. The van der Waals surface area contributed by atoms with E-state index in [0.717, 1.165) is 54.5 Å². The first-order valence-corrected chi connectivity index (χ1v) is 17.4. The number of aliphatic hydroxyl groups excluding tert-OH is 3. The Kier molecular flexibility index (Phi) is 13.8. The highest BCUT2D eigenvalue weighted by molar-refractivity contribution is 6.01. The van der Waals surface area contributed by atoms with Gasteiger partial charge in [0.05, 0.1) is 59.9 Å². The zero-order chi connectivity index (χ0) is 36.9. The molecule has 276 valence electrons. The average Bonchev–Trinajstić information content (AvgIpc) is 3.18. The van der Waals surface area contributed by atoms with E-state index in [1.165, 1.54) is 7.11 Å². The molecular formula is C41H48N2O9. The number of hydrogen-bond donors (Lipinski definition) is 5. The molecule has 1 aliphatic heterocycles. The molecule has 52 heavy (non-hydrogen) atoms. The summed E-state index contributed by atoms with van der Waals surface area (Å²) in [5, 5.41) is 35.8. The van der Waals surface area contributed by atoms with Crippen molar-refractivity contribution in [1.82, 2.24) is 5.32 Å². The highest BCUT2D eigenvalue weighted by Crippen LogP contribution is 2.39. The number of aliphatic hydroxyl groups is 3. The second-order valence-electron chi connectivity index (χ2n) is 12.4. The summed E-state index contributed by atoms with van der Waals surface area (Å²) in [6, 6.07) is 20.4. The molecule has 0 bridgehead atoms. The van der Waals surface area contributed by atoms with Crippen molar-refractivity contribution in [2.45, 2.75) is 58.1 Å². The maximum atomic E-state index is 12.5. The molecule has 4 aromatic carbocycles. The maximum absolute atomic E-state index is 12.5. The van der Waals surface area contributed by atoms with Crippen LogP contribution in [0.2, 0.25) is 0 Å². The molecule has 11 heteroatoms. The molecule has 1 amide bonds. The second kappa shape index (κ2) is 18.8. The van der Waals surface area contributed by atoms with E-state index in [1.807, 2.05) is 72.8 Å². The summed E-state index contributed by atoms with van der Waals surface area (Å²) in [4.78, 5) is 12.5. The Morgan fingerprint density at radius 2 is 1.25 bits per heavy atom. The number of hydrogen-bond acceptors (Lipinski definition) is 10. The average molecular weight is 713 g/mol. The highest BCUT2D eigenvalue weighted by Gasteiger charge is 2.25.